The molecule has 0 atom stereocenters. The molecular weight excluding hydrogens is 222 g/mol. The number of allylic oxidation sites excluding steroid dienone is 1. The third kappa shape index (κ3) is 3.75. The lowest BCUT2D eigenvalue weighted by Crippen LogP contribution is -2.11. The molecule has 6 nitrogen and oxygen atoms in total. The van der Waals surface area contributed by atoms with E-state index in [0.717, 1.165) is 4.80 Å². The fourth-order valence-electron chi connectivity index (χ4n) is 1.000. The summed E-state index contributed by atoms with van der Waals surface area (Å²) in [5.74, 6) is -0.869. The molecule has 0 bridgehead atoms. The summed E-state index contributed by atoms with van der Waals surface area (Å²) in [6.45, 7) is 9.02. The summed E-state index contributed by atoms with van der Waals surface area (Å²) in [6, 6.07) is 0. The summed E-state index contributed by atoms with van der Waals surface area (Å²) in [5.41, 5.74) is 0.299. The van der Waals surface area contributed by atoms with Crippen molar-refractivity contribution in [1.82, 2.24) is 15.0 Å². The molecular formula is C11H17N3O3. The lowest BCUT2D eigenvalue weighted by Gasteiger charge is -2.10. The maximum absolute atomic E-state index is 10.8. The van der Waals surface area contributed by atoms with Gasteiger partial charge in [0.15, 0.2) is 0 Å². The van der Waals surface area contributed by atoms with E-state index in [1.54, 1.807) is 0 Å². The second-order valence-electron chi connectivity index (χ2n) is 2.72. The number of carboxylic acids is 1. The predicted octanol–water partition coefficient (Wildman–Crippen LogP) is 1.78. The molecule has 0 unspecified atom stereocenters. The van der Waals surface area contributed by atoms with E-state index in [1.165, 1.54) is 26.4 Å². The third-order valence-corrected chi connectivity index (χ3v) is 1.81. The molecule has 0 aliphatic heterocycles. The van der Waals surface area contributed by atoms with Crippen LogP contribution in [0.1, 0.15) is 20.8 Å². The van der Waals surface area contributed by atoms with Crippen LogP contribution in [0.2, 0.25) is 0 Å². The predicted molar refractivity (Wildman–Crippen MR) is 64.0 cm³/mol. The molecule has 1 heterocycles. The lowest BCUT2D eigenvalue weighted by molar-refractivity contribution is -0.132. The summed E-state index contributed by atoms with van der Waals surface area (Å²) in [7, 11) is 1.40. The molecule has 6 heteroatoms. The van der Waals surface area contributed by atoms with Crippen molar-refractivity contribution in [3.05, 3.63) is 30.3 Å². The Bertz CT molecular complexity index is 408. The van der Waals surface area contributed by atoms with Gasteiger partial charge in [0.2, 0.25) is 0 Å². The maximum Gasteiger partial charge on any atom is 0.333 e. The molecule has 0 aromatic carbocycles. The molecule has 94 valence electrons. The van der Waals surface area contributed by atoms with Crippen LogP contribution in [0.25, 0.3) is 5.70 Å². The minimum atomic E-state index is -1.07. The Labute approximate surface area is 100 Å². The number of aliphatic carboxylic acids is 1. The van der Waals surface area contributed by atoms with Crippen LogP contribution in [0.3, 0.4) is 0 Å². The first-order chi connectivity index (χ1) is 8.07. The number of nitrogens with zero attached hydrogens (tertiary/aromatic N) is 3. The van der Waals surface area contributed by atoms with Crippen LogP contribution in [-0.4, -0.2) is 33.2 Å². The number of hydrogen-bond acceptors (Lipinski definition) is 4. The summed E-state index contributed by atoms with van der Waals surface area (Å²) in [6.07, 6.45) is 2.89. The van der Waals surface area contributed by atoms with Gasteiger partial charge in [-0.1, -0.05) is 20.4 Å². The van der Waals surface area contributed by atoms with Gasteiger partial charge in [-0.15, -0.1) is 4.80 Å². The Morgan fingerprint density at radius 2 is 1.82 bits per heavy atom. The second kappa shape index (κ2) is 7.21. The van der Waals surface area contributed by atoms with E-state index in [9.17, 15) is 4.79 Å². The van der Waals surface area contributed by atoms with E-state index >= 15 is 0 Å². The zero-order valence-electron chi connectivity index (χ0n) is 10.5. The number of carbonyl (C=O) groups is 1. The molecule has 0 spiro atoms. The van der Waals surface area contributed by atoms with Crippen LogP contribution >= 0.6 is 0 Å². The van der Waals surface area contributed by atoms with Crippen molar-refractivity contribution < 1.29 is 14.6 Å². The van der Waals surface area contributed by atoms with E-state index < -0.39 is 5.97 Å². The fourth-order valence-corrected chi connectivity index (χ4v) is 1.000. The zero-order chi connectivity index (χ0) is 13.4. The number of ether oxygens (including phenoxy) is 1. The van der Waals surface area contributed by atoms with Crippen LogP contribution in [0.5, 0.6) is 0 Å². The van der Waals surface area contributed by atoms with Gasteiger partial charge in [-0.25, -0.2) is 4.79 Å². The number of hydrogen-bond donors (Lipinski definition) is 1. The van der Waals surface area contributed by atoms with Gasteiger partial charge < -0.3 is 9.84 Å². The first-order valence-corrected chi connectivity index (χ1v) is 5.12. The molecule has 17 heavy (non-hydrogen) atoms. The van der Waals surface area contributed by atoms with Crippen LogP contribution in [-0.2, 0) is 9.53 Å². The van der Waals surface area contributed by atoms with Crippen molar-refractivity contribution in [2.45, 2.75) is 20.8 Å². The van der Waals surface area contributed by atoms with Gasteiger partial charge in [-0.2, -0.15) is 10.2 Å². The topological polar surface area (TPSA) is 77.2 Å². The highest BCUT2D eigenvalue weighted by Crippen LogP contribution is 2.17. The fraction of sp³-hybridized carbons (Fsp3) is 0.364. The Balaban J connectivity index is 0.00000121. The molecule has 0 radical (unpaired) electrons. The summed E-state index contributed by atoms with van der Waals surface area (Å²) < 4.78 is 4.89. The normalized spacial score (nSPS) is 10.8. The minimum absolute atomic E-state index is 0.0676. The zero-order valence-corrected chi connectivity index (χ0v) is 10.5. The van der Waals surface area contributed by atoms with Gasteiger partial charge in [-0.3, -0.25) is 0 Å². The number of methoxy groups -OCH3 is 1. The first kappa shape index (κ1) is 14.9. The summed E-state index contributed by atoms with van der Waals surface area (Å²) >= 11 is 0. The van der Waals surface area contributed by atoms with Crippen molar-refractivity contribution in [3.8, 4) is 0 Å². The number of aromatic nitrogens is 3. The lowest BCUT2D eigenvalue weighted by atomic mass is 10.2. The van der Waals surface area contributed by atoms with Crippen LogP contribution in [0.15, 0.2) is 30.3 Å². The van der Waals surface area contributed by atoms with Crippen LogP contribution in [0.4, 0.5) is 0 Å². The molecule has 0 aliphatic carbocycles. The van der Waals surface area contributed by atoms with Crippen molar-refractivity contribution in [1.29, 1.82) is 0 Å². The highest BCUT2D eigenvalue weighted by Gasteiger charge is 2.16. The molecule has 0 saturated heterocycles. The Morgan fingerprint density at radius 3 is 2.18 bits per heavy atom. The quantitative estimate of drug-likeness (QED) is 0.492. The second-order valence-corrected chi connectivity index (χ2v) is 2.72. The smallest absolute Gasteiger partial charge is 0.333 e. The molecule has 0 saturated carbocycles. The molecule has 1 aromatic rings. The van der Waals surface area contributed by atoms with Gasteiger partial charge in [0, 0.05) is 0 Å². The first-order valence-electron chi connectivity index (χ1n) is 5.12. The molecule has 1 aromatic heterocycles. The van der Waals surface area contributed by atoms with Crippen molar-refractivity contribution in [2.75, 3.05) is 7.11 Å². The highest BCUT2D eigenvalue weighted by molar-refractivity contribution is 5.94. The van der Waals surface area contributed by atoms with Crippen molar-refractivity contribution in [3.63, 3.8) is 0 Å². The summed E-state index contributed by atoms with van der Waals surface area (Å²) in [4.78, 5) is 12.0. The Kier molecular flexibility index (Phi) is 6.32. The van der Waals surface area contributed by atoms with Gasteiger partial charge in [0.25, 0.3) is 0 Å². The van der Waals surface area contributed by atoms with E-state index in [2.05, 4.69) is 16.8 Å². The summed E-state index contributed by atoms with van der Waals surface area (Å²) in [5, 5.41) is 16.5. The average Bonchev–Trinajstić information content (AvgIpc) is 2.85. The van der Waals surface area contributed by atoms with Gasteiger partial charge >= 0.3 is 5.97 Å². The largest absolute Gasteiger partial charge is 0.495 e. The molecule has 0 fully saturated rings. The highest BCUT2D eigenvalue weighted by atomic mass is 16.5. The monoisotopic (exact) mass is 239 g/mol. The molecule has 0 aliphatic rings. The number of carboxylic acid groups (broad SMARTS) is 1. The van der Waals surface area contributed by atoms with Crippen LogP contribution in [0, 0.1) is 0 Å². The average molecular weight is 239 g/mol. The van der Waals surface area contributed by atoms with Gasteiger partial charge in [0.1, 0.15) is 11.5 Å². The van der Waals surface area contributed by atoms with Gasteiger partial charge in [0.05, 0.1) is 25.1 Å². The minimum Gasteiger partial charge on any atom is -0.495 e. The van der Waals surface area contributed by atoms with E-state index in [0.29, 0.717) is 0 Å². The van der Waals surface area contributed by atoms with Crippen molar-refractivity contribution in [2.24, 2.45) is 0 Å². The Morgan fingerprint density at radius 1 is 1.35 bits per heavy atom. The standard InChI is InChI=1S/C9H11N3O3.C2H6/c1-6(9(13)14)8(7(2)15-3)12-10-4-5-11-12;1-2/h4-5H,2H2,1,3H3,(H,13,14);1-2H3/b8-6-;. The van der Waals surface area contributed by atoms with E-state index in [4.69, 9.17) is 9.84 Å². The molecule has 1 N–H and O–H groups in total. The SMILES string of the molecule is C=C(OC)/C(=C(\C)C(=O)O)n1nccn1.CC. The van der Waals surface area contributed by atoms with Crippen LogP contribution < -0.4 is 0 Å². The molecule has 1 rings (SSSR count). The number of rotatable bonds is 4. The maximum atomic E-state index is 10.8. The van der Waals surface area contributed by atoms with Crippen molar-refractivity contribution >= 4 is 11.7 Å². The van der Waals surface area contributed by atoms with E-state index in [1.807, 2.05) is 13.8 Å². The Hall–Kier alpha value is -2.11. The van der Waals surface area contributed by atoms with Gasteiger partial charge in [-0.05, 0) is 6.92 Å². The van der Waals surface area contributed by atoms with E-state index in [-0.39, 0.29) is 17.0 Å². The molecule has 0 amide bonds. The third-order valence-electron chi connectivity index (χ3n) is 1.81.